The lowest BCUT2D eigenvalue weighted by Crippen LogP contribution is -2.09. The highest BCUT2D eigenvalue weighted by molar-refractivity contribution is 9.09. The van der Waals surface area contributed by atoms with Crippen LogP contribution in [0.4, 0.5) is 0 Å². The highest BCUT2D eigenvalue weighted by Crippen LogP contribution is 2.29. The minimum Gasteiger partial charge on any atom is -0.495 e. The summed E-state index contributed by atoms with van der Waals surface area (Å²) in [6, 6.07) is 5.68. The monoisotopic (exact) mass is 263 g/mol. The van der Waals surface area contributed by atoms with Crippen LogP contribution in [0.3, 0.4) is 0 Å². The van der Waals surface area contributed by atoms with Gasteiger partial charge in [-0.3, -0.25) is 0 Å². The number of methoxy groups -OCH3 is 1. The summed E-state index contributed by atoms with van der Waals surface area (Å²) in [4.78, 5) is 0.121. The molecule has 1 aromatic rings. The van der Waals surface area contributed by atoms with E-state index in [9.17, 15) is 0 Å². The van der Waals surface area contributed by atoms with E-state index in [4.69, 9.17) is 16.3 Å². The Labute approximate surface area is 91.4 Å². The highest BCUT2D eigenvalue weighted by atomic mass is 79.9. The number of rotatable bonds is 3. The second-order valence-electron chi connectivity index (χ2n) is 2.55. The number of ether oxygens (including phenoxy) is 1. The van der Waals surface area contributed by atoms with Gasteiger partial charge in [0.1, 0.15) is 5.75 Å². The van der Waals surface area contributed by atoms with Crippen molar-refractivity contribution in [3.8, 4) is 5.75 Å². The van der Waals surface area contributed by atoms with Gasteiger partial charge in [-0.1, -0.05) is 33.6 Å². The molecule has 72 valence electrons. The van der Waals surface area contributed by atoms with Crippen molar-refractivity contribution in [1.82, 2.24) is 5.32 Å². The lowest BCUT2D eigenvalue weighted by molar-refractivity contribution is 0.415. The lowest BCUT2D eigenvalue weighted by Gasteiger charge is -2.10. The van der Waals surface area contributed by atoms with Crippen LogP contribution in [0.5, 0.6) is 5.75 Å². The number of hydrogen-bond acceptors (Lipinski definition) is 2. The van der Waals surface area contributed by atoms with Crippen LogP contribution in [0, 0.1) is 0 Å². The first-order valence-electron chi connectivity index (χ1n) is 3.83. The van der Waals surface area contributed by atoms with Crippen LogP contribution < -0.4 is 10.1 Å². The Hall–Kier alpha value is -0.250. The van der Waals surface area contributed by atoms with Crippen molar-refractivity contribution < 1.29 is 4.74 Å². The largest absolute Gasteiger partial charge is 0.495 e. The fourth-order valence-corrected chi connectivity index (χ4v) is 1.56. The molecule has 0 saturated heterocycles. The van der Waals surface area contributed by atoms with Gasteiger partial charge in [-0.2, -0.15) is 0 Å². The molecule has 0 aliphatic rings. The minimum atomic E-state index is 0.121. The van der Waals surface area contributed by atoms with Crippen molar-refractivity contribution in [2.24, 2.45) is 0 Å². The van der Waals surface area contributed by atoms with Gasteiger partial charge in [0, 0.05) is 0 Å². The van der Waals surface area contributed by atoms with Gasteiger partial charge in [0.05, 0.1) is 17.1 Å². The van der Waals surface area contributed by atoms with Crippen molar-refractivity contribution in [2.75, 3.05) is 14.2 Å². The van der Waals surface area contributed by atoms with Gasteiger partial charge in [-0.25, -0.2) is 0 Å². The van der Waals surface area contributed by atoms with E-state index in [1.54, 1.807) is 7.11 Å². The fourth-order valence-electron chi connectivity index (χ4n) is 1.01. The Bertz CT molecular complexity index is 293. The molecule has 0 aliphatic heterocycles. The Morgan fingerprint density at radius 3 is 2.69 bits per heavy atom. The molecule has 0 radical (unpaired) electrons. The molecule has 2 nitrogen and oxygen atoms in total. The quantitative estimate of drug-likeness (QED) is 0.669. The summed E-state index contributed by atoms with van der Waals surface area (Å²) in [5, 5.41) is 3.69. The van der Waals surface area contributed by atoms with E-state index in [1.807, 2.05) is 25.2 Å². The zero-order valence-corrected chi connectivity index (χ0v) is 9.82. The van der Waals surface area contributed by atoms with E-state index in [2.05, 4.69) is 21.2 Å². The molecule has 1 aromatic carbocycles. The summed E-state index contributed by atoms with van der Waals surface area (Å²) in [6.45, 7) is 0. The summed E-state index contributed by atoms with van der Waals surface area (Å²) < 4.78 is 5.05. The Balaban J connectivity index is 2.95. The maximum atomic E-state index is 5.96. The predicted octanol–water partition coefficient (Wildman–Crippen LogP) is 2.96. The summed E-state index contributed by atoms with van der Waals surface area (Å²) in [5.74, 6) is 0.696. The second kappa shape index (κ2) is 4.84. The highest BCUT2D eigenvalue weighted by Gasteiger charge is 2.07. The number of benzene rings is 1. The van der Waals surface area contributed by atoms with Gasteiger partial charge in [0.25, 0.3) is 0 Å². The van der Waals surface area contributed by atoms with Gasteiger partial charge in [0.2, 0.25) is 0 Å². The van der Waals surface area contributed by atoms with Crippen molar-refractivity contribution in [3.05, 3.63) is 28.8 Å². The number of hydrogen-bond donors (Lipinski definition) is 1. The molecule has 0 aliphatic carbocycles. The van der Waals surface area contributed by atoms with Gasteiger partial charge in [-0.05, 0) is 24.7 Å². The normalized spacial score (nSPS) is 12.6. The van der Waals surface area contributed by atoms with E-state index in [0.29, 0.717) is 10.8 Å². The number of halogens is 2. The van der Waals surface area contributed by atoms with Crippen LogP contribution in [0.25, 0.3) is 0 Å². The first kappa shape index (κ1) is 10.8. The Morgan fingerprint density at radius 1 is 1.54 bits per heavy atom. The van der Waals surface area contributed by atoms with Crippen LogP contribution in [0.15, 0.2) is 18.2 Å². The molecule has 0 spiro atoms. The third kappa shape index (κ3) is 2.59. The topological polar surface area (TPSA) is 21.3 Å². The smallest absolute Gasteiger partial charge is 0.137 e. The van der Waals surface area contributed by atoms with E-state index >= 15 is 0 Å². The summed E-state index contributed by atoms with van der Waals surface area (Å²) >= 11 is 9.41. The molecule has 13 heavy (non-hydrogen) atoms. The van der Waals surface area contributed by atoms with Crippen LogP contribution in [-0.2, 0) is 0 Å². The molecule has 0 saturated carbocycles. The molecule has 0 fully saturated rings. The molecule has 1 rings (SSSR count). The maximum Gasteiger partial charge on any atom is 0.137 e. The van der Waals surface area contributed by atoms with E-state index in [1.165, 1.54) is 0 Å². The van der Waals surface area contributed by atoms with Gasteiger partial charge >= 0.3 is 0 Å². The fraction of sp³-hybridized carbons (Fsp3) is 0.333. The SMILES string of the molecule is CNC(Br)c1ccc(OC)c(Cl)c1. The standard InChI is InChI=1S/C9H11BrClNO/c1-12-9(10)6-3-4-8(13-2)7(11)5-6/h3-5,9,12H,1-2H3. The first-order chi connectivity index (χ1) is 6.19. The van der Waals surface area contributed by atoms with Crippen molar-refractivity contribution in [3.63, 3.8) is 0 Å². The molecule has 0 amide bonds. The minimum absolute atomic E-state index is 0.121. The molecule has 1 atom stereocenters. The average molecular weight is 265 g/mol. The third-order valence-electron chi connectivity index (χ3n) is 1.72. The predicted molar refractivity (Wildman–Crippen MR) is 58.7 cm³/mol. The van der Waals surface area contributed by atoms with E-state index < -0.39 is 0 Å². The van der Waals surface area contributed by atoms with Crippen molar-refractivity contribution in [2.45, 2.75) is 4.95 Å². The molecule has 0 heterocycles. The Kier molecular flexibility index (Phi) is 4.03. The summed E-state index contributed by atoms with van der Waals surface area (Å²) in [6.07, 6.45) is 0. The maximum absolute atomic E-state index is 5.96. The molecular weight excluding hydrogens is 253 g/mol. The van der Waals surface area contributed by atoms with Crippen LogP contribution in [0.1, 0.15) is 10.5 Å². The van der Waals surface area contributed by atoms with Gasteiger partial charge in [0.15, 0.2) is 0 Å². The first-order valence-corrected chi connectivity index (χ1v) is 5.13. The lowest BCUT2D eigenvalue weighted by atomic mass is 10.2. The number of alkyl halides is 1. The summed E-state index contributed by atoms with van der Waals surface area (Å²) in [7, 11) is 3.47. The van der Waals surface area contributed by atoms with Crippen LogP contribution in [-0.4, -0.2) is 14.2 Å². The van der Waals surface area contributed by atoms with Crippen LogP contribution >= 0.6 is 27.5 Å². The molecule has 1 unspecified atom stereocenters. The second-order valence-corrected chi connectivity index (χ2v) is 3.87. The van der Waals surface area contributed by atoms with Crippen molar-refractivity contribution in [1.29, 1.82) is 0 Å². The van der Waals surface area contributed by atoms with E-state index in [-0.39, 0.29) is 4.95 Å². The van der Waals surface area contributed by atoms with Gasteiger partial charge in [-0.15, -0.1) is 0 Å². The zero-order valence-electron chi connectivity index (χ0n) is 7.47. The average Bonchev–Trinajstić information content (AvgIpc) is 2.16. The summed E-state index contributed by atoms with van der Waals surface area (Å²) in [5.41, 5.74) is 1.08. The number of nitrogens with one attached hydrogen (secondary N) is 1. The molecule has 0 bridgehead atoms. The molecule has 1 N–H and O–H groups in total. The molecule has 0 aromatic heterocycles. The zero-order chi connectivity index (χ0) is 9.84. The molecular formula is C9H11BrClNO. The van der Waals surface area contributed by atoms with E-state index in [0.717, 1.165) is 5.56 Å². The van der Waals surface area contributed by atoms with Gasteiger partial charge < -0.3 is 10.1 Å². The Morgan fingerprint density at radius 2 is 2.23 bits per heavy atom. The molecule has 4 heteroatoms. The van der Waals surface area contributed by atoms with Crippen molar-refractivity contribution >= 4 is 27.5 Å². The van der Waals surface area contributed by atoms with Crippen LogP contribution in [0.2, 0.25) is 5.02 Å². The third-order valence-corrected chi connectivity index (χ3v) is 3.00.